The van der Waals surface area contributed by atoms with Crippen molar-refractivity contribution in [2.45, 2.75) is 39.8 Å². The van der Waals surface area contributed by atoms with Crippen molar-refractivity contribution in [2.75, 3.05) is 6.61 Å². The summed E-state index contributed by atoms with van der Waals surface area (Å²) in [5.41, 5.74) is 2.73. The van der Waals surface area contributed by atoms with Gasteiger partial charge in [-0.2, -0.15) is 0 Å². The second-order valence-corrected chi connectivity index (χ2v) is 6.20. The first-order valence-corrected chi connectivity index (χ1v) is 8.16. The number of aliphatic hydroxyl groups excluding tert-OH is 1. The maximum absolute atomic E-state index is 12.0. The molecule has 0 spiro atoms. The second kappa shape index (κ2) is 8.49. The molecular weight excluding hydrogens is 306 g/mol. The topological polar surface area (TPSA) is 87.4 Å². The van der Waals surface area contributed by atoms with E-state index in [9.17, 15) is 4.79 Å². The normalized spacial score (nSPS) is 12.2. The van der Waals surface area contributed by atoms with Gasteiger partial charge in [-0.3, -0.25) is 0 Å². The summed E-state index contributed by atoms with van der Waals surface area (Å²) < 4.78 is 5.46. The largest absolute Gasteiger partial charge is 0.444 e. The molecule has 130 valence electrons. The molecule has 1 heterocycles. The monoisotopic (exact) mass is 331 g/mol. The Morgan fingerprint density at radius 3 is 2.62 bits per heavy atom. The molecule has 2 amide bonds. The maximum atomic E-state index is 12.0. The van der Waals surface area contributed by atoms with E-state index in [-0.39, 0.29) is 31.1 Å². The number of aromatic nitrogens is 1. The Morgan fingerprint density at radius 2 is 2.00 bits per heavy atom. The Labute approximate surface area is 142 Å². The average Bonchev–Trinajstić information content (AvgIpc) is 3.02. The van der Waals surface area contributed by atoms with Crippen LogP contribution in [0.25, 0.3) is 11.5 Å². The third-order valence-electron chi connectivity index (χ3n) is 3.84. The Balaban J connectivity index is 1.88. The SMILES string of the molecule is Cc1ccc(-c2nc(CNC(=O)NC(CCO)C(C)C)co2)cc1. The lowest BCUT2D eigenvalue weighted by molar-refractivity contribution is 0.218. The molecule has 0 saturated heterocycles. The molecule has 1 aromatic heterocycles. The number of benzene rings is 1. The van der Waals surface area contributed by atoms with Crippen molar-refractivity contribution in [1.82, 2.24) is 15.6 Å². The van der Waals surface area contributed by atoms with E-state index < -0.39 is 0 Å². The van der Waals surface area contributed by atoms with E-state index in [0.29, 0.717) is 18.0 Å². The molecular formula is C18H25N3O3. The van der Waals surface area contributed by atoms with Crippen LogP contribution in [0.2, 0.25) is 0 Å². The van der Waals surface area contributed by atoms with Gasteiger partial charge in [0.2, 0.25) is 5.89 Å². The molecule has 2 rings (SSSR count). The molecule has 6 heteroatoms. The summed E-state index contributed by atoms with van der Waals surface area (Å²) >= 11 is 0. The van der Waals surface area contributed by atoms with Gasteiger partial charge < -0.3 is 20.2 Å². The average molecular weight is 331 g/mol. The first-order valence-electron chi connectivity index (χ1n) is 8.16. The van der Waals surface area contributed by atoms with Gasteiger partial charge in [0, 0.05) is 18.2 Å². The Kier molecular flexibility index (Phi) is 6.37. The quantitative estimate of drug-likeness (QED) is 0.728. The lowest BCUT2D eigenvalue weighted by atomic mass is 10.0. The number of aryl methyl sites for hydroxylation is 1. The van der Waals surface area contributed by atoms with E-state index in [0.717, 1.165) is 5.56 Å². The van der Waals surface area contributed by atoms with Gasteiger partial charge >= 0.3 is 6.03 Å². The summed E-state index contributed by atoms with van der Waals surface area (Å²) in [5.74, 6) is 0.788. The number of urea groups is 1. The fraction of sp³-hybridized carbons (Fsp3) is 0.444. The highest BCUT2D eigenvalue weighted by Crippen LogP contribution is 2.19. The fourth-order valence-electron chi connectivity index (χ4n) is 2.32. The second-order valence-electron chi connectivity index (χ2n) is 6.20. The molecule has 0 saturated carbocycles. The van der Waals surface area contributed by atoms with Gasteiger partial charge in [-0.05, 0) is 31.4 Å². The van der Waals surface area contributed by atoms with Gasteiger partial charge in [0.15, 0.2) is 0 Å². The Morgan fingerprint density at radius 1 is 1.29 bits per heavy atom. The number of nitrogens with one attached hydrogen (secondary N) is 2. The molecule has 0 radical (unpaired) electrons. The minimum absolute atomic E-state index is 0.0479. The van der Waals surface area contributed by atoms with Crippen LogP contribution in [0.5, 0.6) is 0 Å². The van der Waals surface area contributed by atoms with Gasteiger partial charge in [0.1, 0.15) is 6.26 Å². The van der Waals surface area contributed by atoms with Crippen LogP contribution in [-0.2, 0) is 6.54 Å². The number of carbonyl (C=O) groups is 1. The van der Waals surface area contributed by atoms with Crippen molar-refractivity contribution in [2.24, 2.45) is 5.92 Å². The molecule has 0 fully saturated rings. The van der Waals surface area contributed by atoms with Gasteiger partial charge in [-0.15, -0.1) is 0 Å². The van der Waals surface area contributed by atoms with Crippen molar-refractivity contribution in [3.8, 4) is 11.5 Å². The molecule has 0 aliphatic carbocycles. The molecule has 24 heavy (non-hydrogen) atoms. The van der Waals surface area contributed by atoms with Crippen molar-refractivity contribution >= 4 is 6.03 Å². The van der Waals surface area contributed by atoms with Gasteiger partial charge in [-0.1, -0.05) is 31.5 Å². The van der Waals surface area contributed by atoms with Gasteiger partial charge in [0.25, 0.3) is 0 Å². The zero-order valence-electron chi connectivity index (χ0n) is 14.4. The maximum Gasteiger partial charge on any atom is 0.315 e. The minimum atomic E-state index is -0.276. The highest BCUT2D eigenvalue weighted by atomic mass is 16.3. The number of nitrogens with zero attached hydrogens (tertiary/aromatic N) is 1. The third-order valence-corrected chi connectivity index (χ3v) is 3.84. The van der Waals surface area contributed by atoms with Crippen molar-refractivity contribution in [3.05, 3.63) is 41.8 Å². The third kappa shape index (κ3) is 5.09. The highest BCUT2D eigenvalue weighted by Gasteiger charge is 2.15. The number of carbonyl (C=O) groups excluding carboxylic acids is 1. The van der Waals surface area contributed by atoms with Crippen molar-refractivity contribution in [1.29, 1.82) is 0 Å². The van der Waals surface area contributed by atoms with Crippen molar-refractivity contribution < 1.29 is 14.3 Å². The number of hydrogen-bond acceptors (Lipinski definition) is 4. The Bertz CT molecular complexity index is 650. The minimum Gasteiger partial charge on any atom is -0.444 e. The lowest BCUT2D eigenvalue weighted by Crippen LogP contribution is -2.44. The number of oxazole rings is 1. The van der Waals surface area contributed by atoms with Gasteiger partial charge in [0.05, 0.1) is 12.2 Å². The van der Waals surface area contributed by atoms with E-state index in [4.69, 9.17) is 9.52 Å². The number of amides is 2. The first kappa shape index (κ1) is 18.0. The summed E-state index contributed by atoms with van der Waals surface area (Å²) in [6, 6.07) is 7.56. The van der Waals surface area contributed by atoms with Crippen LogP contribution in [0.4, 0.5) is 4.79 Å². The van der Waals surface area contributed by atoms with Crippen LogP contribution in [0.1, 0.15) is 31.5 Å². The van der Waals surface area contributed by atoms with E-state index in [1.54, 1.807) is 6.26 Å². The molecule has 6 nitrogen and oxygen atoms in total. The number of hydrogen-bond donors (Lipinski definition) is 3. The van der Waals surface area contributed by atoms with E-state index >= 15 is 0 Å². The molecule has 0 aliphatic heterocycles. The van der Waals surface area contributed by atoms with Crippen molar-refractivity contribution in [3.63, 3.8) is 0 Å². The summed E-state index contributed by atoms with van der Waals surface area (Å²) in [5, 5.41) is 14.7. The van der Waals surface area contributed by atoms with Crippen LogP contribution in [0, 0.1) is 12.8 Å². The van der Waals surface area contributed by atoms with Crippen LogP contribution < -0.4 is 10.6 Å². The first-order chi connectivity index (χ1) is 11.5. The number of aliphatic hydroxyl groups is 1. The molecule has 1 atom stereocenters. The molecule has 0 bridgehead atoms. The summed E-state index contributed by atoms with van der Waals surface area (Å²) in [6.45, 7) is 6.37. The summed E-state index contributed by atoms with van der Waals surface area (Å²) in [7, 11) is 0. The zero-order chi connectivity index (χ0) is 17.5. The van der Waals surface area contributed by atoms with E-state index in [1.165, 1.54) is 5.56 Å². The highest BCUT2D eigenvalue weighted by molar-refractivity contribution is 5.74. The smallest absolute Gasteiger partial charge is 0.315 e. The van der Waals surface area contributed by atoms with Crippen LogP contribution in [0.15, 0.2) is 34.9 Å². The summed E-state index contributed by atoms with van der Waals surface area (Å²) in [6.07, 6.45) is 2.08. The predicted octanol–water partition coefficient (Wildman–Crippen LogP) is 2.86. The fourth-order valence-corrected chi connectivity index (χ4v) is 2.32. The van der Waals surface area contributed by atoms with Crippen LogP contribution in [-0.4, -0.2) is 28.8 Å². The van der Waals surface area contributed by atoms with Crippen LogP contribution in [0.3, 0.4) is 0 Å². The molecule has 0 aliphatic rings. The lowest BCUT2D eigenvalue weighted by Gasteiger charge is -2.21. The molecule has 2 aromatic rings. The van der Waals surface area contributed by atoms with Crippen LogP contribution >= 0.6 is 0 Å². The van der Waals surface area contributed by atoms with Gasteiger partial charge in [-0.25, -0.2) is 9.78 Å². The van der Waals surface area contributed by atoms with E-state index in [2.05, 4.69) is 15.6 Å². The molecule has 1 aromatic carbocycles. The zero-order valence-corrected chi connectivity index (χ0v) is 14.4. The summed E-state index contributed by atoms with van der Waals surface area (Å²) in [4.78, 5) is 16.3. The molecule has 1 unspecified atom stereocenters. The molecule has 3 N–H and O–H groups in total. The Hall–Kier alpha value is -2.34. The standard InChI is InChI=1S/C18H25N3O3/c1-12(2)16(8-9-22)21-18(23)19-10-15-11-24-17(20-15)14-6-4-13(3)5-7-14/h4-7,11-12,16,22H,8-10H2,1-3H3,(H2,19,21,23). The predicted molar refractivity (Wildman–Crippen MR) is 92.4 cm³/mol. The number of rotatable bonds is 7. The van der Waals surface area contributed by atoms with E-state index in [1.807, 2.05) is 45.0 Å².